The van der Waals surface area contributed by atoms with E-state index in [9.17, 15) is 4.79 Å². The number of carbonyl (C=O) groups is 1. The second-order valence-electron chi connectivity index (χ2n) is 5.61. The van der Waals surface area contributed by atoms with E-state index < -0.39 is 0 Å². The molecule has 1 fully saturated rings. The average molecular weight is 334 g/mol. The molecule has 2 aromatic heterocycles. The topological polar surface area (TPSA) is 69.8 Å². The lowest BCUT2D eigenvalue weighted by atomic mass is 10.0. The van der Waals surface area contributed by atoms with Crippen molar-refractivity contribution in [3.8, 4) is 0 Å². The zero-order valence-corrected chi connectivity index (χ0v) is 13.5. The first-order chi connectivity index (χ1) is 11.7. The molecule has 1 amide bonds. The van der Waals surface area contributed by atoms with Gasteiger partial charge in [-0.3, -0.25) is 10.1 Å². The highest BCUT2D eigenvalue weighted by molar-refractivity contribution is 7.80. The number of H-pyrrole nitrogens is 1. The van der Waals surface area contributed by atoms with Gasteiger partial charge in [-0.1, -0.05) is 30.3 Å². The largest absolute Gasteiger partial charge is 0.346 e. The molecular weight excluding hydrogens is 320 g/mol. The number of aromatic amines is 1. The van der Waals surface area contributed by atoms with Gasteiger partial charge in [0.2, 0.25) is 0 Å². The van der Waals surface area contributed by atoms with Crippen LogP contribution in [0.15, 0.2) is 54.5 Å². The highest BCUT2D eigenvalue weighted by atomic mass is 32.1. The van der Waals surface area contributed by atoms with Crippen molar-refractivity contribution < 1.29 is 4.79 Å². The van der Waals surface area contributed by atoms with Crippen LogP contribution in [0.25, 0.3) is 17.1 Å². The summed E-state index contributed by atoms with van der Waals surface area (Å²) in [6.45, 7) is 0. The van der Waals surface area contributed by atoms with Crippen LogP contribution in [0.2, 0.25) is 0 Å². The number of fused-ring (bicyclic) bond motifs is 1. The zero-order chi connectivity index (χ0) is 16.5. The van der Waals surface area contributed by atoms with E-state index in [0.717, 1.165) is 28.6 Å². The van der Waals surface area contributed by atoms with Gasteiger partial charge in [-0.05, 0) is 41.9 Å². The van der Waals surface area contributed by atoms with Crippen molar-refractivity contribution in [2.75, 3.05) is 0 Å². The van der Waals surface area contributed by atoms with Crippen LogP contribution in [0.4, 0.5) is 0 Å². The zero-order valence-electron chi connectivity index (χ0n) is 12.7. The molecule has 5 nitrogen and oxygen atoms in total. The fourth-order valence-electron chi connectivity index (χ4n) is 2.75. The molecule has 0 unspecified atom stereocenters. The van der Waals surface area contributed by atoms with Gasteiger partial charge in [-0.15, -0.1) is 0 Å². The number of carbonyl (C=O) groups excluding carboxylic acids is 1. The van der Waals surface area contributed by atoms with E-state index in [0.29, 0.717) is 10.8 Å². The quantitative estimate of drug-likeness (QED) is 0.508. The SMILES string of the molecule is O=C1NC(=S)NC1=Cc1c[nH]c2ncc(Cc3ccccc3)cc12. The van der Waals surface area contributed by atoms with E-state index >= 15 is 0 Å². The Kier molecular flexibility index (Phi) is 3.59. The summed E-state index contributed by atoms with van der Waals surface area (Å²) in [5.74, 6) is -0.220. The molecule has 24 heavy (non-hydrogen) atoms. The number of nitrogens with one attached hydrogen (secondary N) is 3. The van der Waals surface area contributed by atoms with Gasteiger partial charge in [0.05, 0.1) is 0 Å². The summed E-state index contributed by atoms with van der Waals surface area (Å²) in [5.41, 5.74) is 4.48. The van der Waals surface area contributed by atoms with Gasteiger partial charge in [-0.2, -0.15) is 0 Å². The van der Waals surface area contributed by atoms with E-state index in [4.69, 9.17) is 12.2 Å². The fraction of sp³-hybridized carbons (Fsp3) is 0.0556. The molecule has 4 rings (SSSR count). The van der Waals surface area contributed by atoms with Crippen molar-refractivity contribution in [2.45, 2.75) is 6.42 Å². The summed E-state index contributed by atoms with van der Waals surface area (Å²) >= 11 is 4.95. The smallest absolute Gasteiger partial charge is 0.273 e. The summed E-state index contributed by atoms with van der Waals surface area (Å²) in [7, 11) is 0. The summed E-state index contributed by atoms with van der Waals surface area (Å²) < 4.78 is 0. The molecule has 0 bridgehead atoms. The summed E-state index contributed by atoms with van der Waals surface area (Å²) in [4.78, 5) is 19.4. The van der Waals surface area contributed by atoms with Gasteiger partial charge in [0.25, 0.3) is 5.91 Å². The predicted octanol–water partition coefficient (Wildman–Crippen LogP) is 2.50. The molecule has 1 aliphatic heterocycles. The summed E-state index contributed by atoms with van der Waals surface area (Å²) in [6, 6.07) is 12.4. The molecule has 0 radical (unpaired) electrons. The van der Waals surface area contributed by atoms with Crippen LogP contribution < -0.4 is 10.6 Å². The fourth-order valence-corrected chi connectivity index (χ4v) is 2.96. The van der Waals surface area contributed by atoms with Crippen molar-refractivity contribution >= 4 is 40.3 Å². The first-order valence-electron chi connectivity index (χ1n) is 7.53. The molecule has 0 spiro atoms. The van der Waals surface area contributed by atoms with Crippen LogP contribution in [0.1, 0.15) is 16.7 Å². The number of amides is 1. The Morgan fingerprint density at radius 2 is 1.96 bits per heavy atom. The predicted molar refractivity (Wildman–Crippen MR) is 97.2 cm³/mol. The van der Waals surface area contributed by atoms with Crippen molar-refractivity contribution in [1.82, 2.24) is 20.6 Å². The Hall–Kier alpha value is -2.99. The Balaban J connectivity index is 1.70. The monoisotopic (exact) mass is 334 g/mol. The average Bonchev–Trinajstić information content (AvgIpc) is 3.12. The van der Waals surface area contributed by atoms with Crippen LogP contribution in [-0.4, -0.2) is 21.0 Å². The van der Waals surface area contributed by atoms with Gasteiger partial charge < -0.3 is 10.3 Å². The number of pyridine rings is 1. The second-order valence-corrected chi connectivity index (χ2v) is 6.02. The molecule has 3 aromatic rings. The molecule has 1 aliphatic rings. The Morgan fingerprint density at radius 1 is 1.12 bits per heavy atom. The van der Waals surface area contributed by atoms with Gasteiger partial charge in [0.1, 0.15) is 11.3 Å². The van der Waals surface area contributed by atoms with Crippen molar-refractivity contribution in [3.63, 3.8) is 0 Å². The van der Waals surface area contributed by atoms with Gasteiger partial charge in [0.15, 0.2) is 5.11 Å². The van der Waals surface area contributed by atoms with Crippen LogP contribution in [0.3, 0.4) is 0 Å². The van der Waals surface area contributed by atoms with Crippen LogP contribution in [-0.2, 0) is 11.2 Å². The Morgan fingerprint density at radius 3 is 2.71 bits per heavy atom. The van der Waals surface area contributed by atoms with Crippen LogP contribution in [0.5, 0.6) is 0 Å². The van der Waals surface area contributed by atoms with Gasteiger partial charge in [-0.25, -0.2) is 4.98 Å². The molecule has 3 heterocycles. The molecule has 1 saturated heterocycles. The first kappa shape index (κ1) is 14.6. The molecular formula is C18H14N4OS. The van der Waals surface area contributed by atoms with Gasteiger partial charge in [0, 0.05) is 23.3 Å². The Bertz CT molecular complexity index is 975. The van der Waals surface area contributed by atoms with E-state index in [2.05, 4.69) is 38.8 Å². The molecule has 0 aliphatic carbocycles. The summed E-state index contributed by atoms with van der Waals surface area (Å²) in [6.07, 6.45) is 6.31. The second kappa shape index (κ2) is 5.90. The molecule has 1 aromatic carbocycles. The van der Waals surface area contributed by atoms with Crippen LogP contribution >= 0.6 is 12.2 Å². The lowest BCUT2D eigenvalue weighted by Crippen LogP contribution is -2.21. The maximum Gasteiger partial charge on any atom is 0.273 e. The third-order valence-electron chi connectivity index (χ3n) is 3.89. The van der Waals surface area contributed by atoms with E-state index in [-0.39, 0.29) is 5.91 Å². The maximum absolute atomic E-state index is 11.8. The highest BCUT2D eigenvalue weighted by Crippen LogP contribution is 2.22. The van der Waals surface area contributed by atoms with E-state index in [1.54, 1.807) is 6.08 Å². The molecule has 118 valence electrons. The van der Waals surface area contributed by atoms with Crippen molar-refractivity contribution in [2.24, 2.45) is 0 Å². The number of hydrogen-bond donors (Lipinski definition) is 3. The number of aromatic nitrogens is 2. The van der Waals surface area contributed by atoms with E-state index in [1.807, 2.05) is 30.6 Å². The van der Waals surface area contributed by atoms with Crippen molar-refractivity contribution in [1.29, 1.82) is 0 Å². The molecule has 0 atom stereocenters. The van der Waals surface area contributed by atoms with E-state index in [1.165, 1.54) is 5.56 Å². The third-order valence-corrected chi connectivity index (χ3v) is 4.09. The third kappa shape index (κ3) is 2.79. The minimum absolute atomic E-state index is 0.220. The molecule has 3 N–H and O–H groups in total. The molecule has 6 heteroatoms. The normalized spacial score (nSPS) is 15.8. The maximum atomic E-state index is 11.8. The Labute approximate surface area is 143 Å². The van der Waals surface area contributed by atoms with Gasteiger partial charge >= 0.3 is 0 Å². The number of rotatable bonds is 3. The number of nitrogens with zero attached hydrogens (tertiary/aromatic N) is 1. The first-order valence-corrected chi connectivity index (χ1v) is 7.94. The van der Waals surface area contributed by atoms with Crippen LogP contribution in [0, 0.1) is 0 Å². The number of thiocarbonyl (C=S) groups is 1. The lowest BCUT2D eigenvalue weighted by Gasteiger charge is -2.02. The lowest BCUT2D eigenvalue weighted by molar-refractivity contribution is -0.115. The minimum Gasteiger partial charge on any atom is -0.346 e. The highest BCUT2D eigenvalue weighted by Gasteiger charge is 2.20. The minimum atomic E-state index is -0.220. The van der Waals surface area contributed by atoms with Crippen molar-refractivity contribution in [3.05, 3.63) is 71.2 Å². The summed E-state index contributed by atoms with van der Waals surface area (Å²) in [5, 5.41) is 6.72. The number of benzene rings is 1. The molecule has 0 saturated carbocycles. The number of hydrogen-bond acceptors (Lipinski definition) is 3. The standard InChI is InChI=1S/C18H14N4OS/c23-17-15(21-18(24)22-17)8-13-10-20-16-14(13)7-12(9-19-16)6-11-4-2-1-3-5-11/h1-5,7-10H,6H2,(H,19,20)(H2,21,22,23,24).